The molecule has 1 aromatic carbocycles. The largest absolute Gasteiger partial charge is 0.265 e. The zero-order chi connectivity index (χ0) is 16.5. The van der Waals surface area contributed by atoms with Crippen LogP contribution in [0.25, 0.3) is 12.2 Å². The zero-order valence-electron chi connectivity index (χ0n) is 13.5. The van der Waals surface area contributed by atoms with Crippen LogP contribution < -0.4 is 0 Å². The number of rotatable bonds is 6. The van der Waals surface area contributed by atoms with Gasteiger partial charge in [0.1, 0.15) is 0 Å². The van der Waals surface area contributed by atoms with Crippen molar-refractivity contribution in [2.45, 2.75) is 12.8 Å². The smallest absolute Gasteiger partial charge is 0.0270 e. The van der Waals surface area contributed by atoms with Crippen LogP contribution in [0.5, 0.6) is 0 Å². The molecule has 0 atom stereocenters. The summed E-state index contributed by atoms with van der Waals surface area (Å²) in [6.07, 6.45) is 17.9. The Labute approximate surface area is 143 Å². The normalized spacial score (nSPS) is 11.3. The van der Waals surface area contributed by atoms with Gasteiger partial charge in [0.2, 0.25) is 0 Å². The minimum Gasteiger partial charge on any atom is -0.265 e. The second kappa shape index (κ2) is 8.59. The van der Waals surface area contributed by atoms with Crippen molar-refractivity contribution in [3.63, 3.8) is 0 Å². The minimum absolute atomic E-state index is 0.927. The minimum atomic E-state index is 0.927. The molecule has 2 nitrogen and oxygen atoms in total. The van der Waals surface area contributed by atoms with Crippen LogP contribution >= 0.6 is 0 Å². The summed E-state index contributed by atoms with van der Waals surface area (Å²) in [5, 5.41) is 0. The number of pyridine rings is 2. The van der Waals surface area contributed by atoms with Gasteiger partial charge in [-0.15, -0.1) is 0 Å². The SMILES string of the molecule is C(=Cc1ccc(C=CCc2ccncc2)cc1)Cc1ccncc1. The number of nitrogens with zero attached hydrogens (tertiary/aromatic N) is 2. The van der Waals surface area contributed by atoms with Gasteiger partial charge in [-0.05, 0) is 59.4 Å². The van der Waals surface area contributed by atoms with Gasteiger partial charge in [-0.3, -0.25) is 9.97 Å². The van der Waals surface area contributed by atoms with E-state index in [-0.39, 0.29) is 0 Å². The maximum atomic E-state index is 4.03. The molecule has 0 fully saturated rings. The van der Waals surface area contributed by atoms with Crippen LogP contribution in [0.2, 0.25) is 0 Å². The first kappa shape index (κ1) is 15.9. The van der Waals surface area contributed by atoms with Crippen molar-refractivity contribution in [2.75, 3.05) is 0 Å². The maximum absolute atomic E-state index is 4.03. The van der Waals surface area contributed by atoms with Crippen molar-refractivity contribution in [2.24, 2.45) is 0 Å². The molecule has 0 saturated heterocycles. The molecule has 24 heavy (non-hydrogen) atoms. The summed E-state index contributed by atoms with van der Waals surface area (Å²) in [4.78, 5) is 8.06. The van der Waals surface area contributed by atoms with E-state index in [1.165, 1.54) is 22.3 Å². The van der Waals surface area contributed by atoms with Crippen LogP contribution in [0.1, 0.15) is 22.3 Å². The molecule has 0 unspecified atom stereocenters. The highest BCUT2D eigenvalue weighted by Crippen LogP contribution is 2.10. The zero-order valence-corrected chi connectivity index (χ0v) is 13.5. The Morgan fingerprint density at radius 1 is 0.542 bits per heavy atom. The molecule has 2 aromatic heterocycles. The Balaban J connectivity index is 1.53. The Morgan fingerprint density at radius 3 is 1.29 bits per heavy atom. The van der Waals surface area contributed by atoms with Crippen LogP contribution in [-0.2, 0) is 12.8 Å². The van der Waals surface area contributed by atoms with Gasteiger partial charge in [0.25, 0.3) is 0 Å². The molecule has 0 amide bonds. The summed E-state index contributed by atoms with van der Waals surface area (Å²) < 4.78 is 0. The first-order chi connectivity index (χ1) is 11.9. The second-order valence-electron chi connectivity index (χ2n) is 5.59. The average molecular weight is 312 g/mol. The lowest BCUT2D eigenvalue weighted by molar-refractivity contribution is 1.22. The van der Waals surface area contributed by atoms with Crippen molar-refractivity contribution in [3.05, 3.63) is 108 Å². The molecule has 0 radical (unpaired) electrons. The van der Waals surface area contributed by atoms with Gasteiger partial charge in [-0.25, -0.2) is 0 Å². The van der Waals surface area contributed by atoms with E-state index in [0.717, 1.165) is 12.8 Å². The van der Waals surface area contributed by atoms with Crippen molar-refractivity contribution >= 4 is 12.2 Å². The quantitative estimate of drug-likeness (QED) is 0.641. The van der Waals surface area contributed by atoms with E-state index in [0.29, 0.717) is 0 Å². The van der Waals surface area contributed by atoms with Crippen LogP contribution in [0.3, 0.4) is 0 Å². The summed E-state index contributed by atoms with van der Waals surface area (Å²) in [7, 11) is 0. The van der Waals surface area contributed by atoms with Crippen molar-refractivity contribution in [1.29, 1.82) is 0 Å². The van der Waals surface area contributed by atoms with E-state index < -0.39 is 0 Å². The van der Waals surface area contributed by atoms with E-state index in [1.807, 2.05) is 49.1 Å². The average Bonchev–Trinajstić information content (AvgIpc) is 2.65. The third kappa shape index (κ3) is 5.03. The van der Waals surface area contributed by atoms with E-state index in [4.69, 9.17) is 0 Å². The first-order valence-corrected chi connectivity index (χ1v) is 8.11. The number of hydrogen-bond donors (Lipinski definition) is 0. The molecule has 3 rings (SSSR count). The van der Waals surface area contributed by atoms with Crippen LogP contribution in [0.4, 0.5) is 0 Å². The van der Waals surface area contributed by atoms with E-state index in [1.54, 1.807) is 0 Å². The van der Waals surface area contributed by atoms with Gasteiger partial charge in [-0.1, -0.05) is 48.6 Å². The monoisotopic (exact) mass is 312 g/mol. The van der Waals surface area contributed by atoms with Crippen LogP contribution in [0.15, 0.2) is 85.5 Å². The van der Waals surface area contributed by atoms with Crippen molar-refractivity contribution < 1.29 is 0 Å². The summed E-state index contributed by atoms with van der Waals surface area (Å²) >= 11 is 0. The molecule has 0 aliphatic carbocycles. The molecule has 0 spiro atoms. The van der Waals surface area contributed by atoms with Gasteiger partial charge in [0, 0.05) is 24.8 Å². The lowest BCUT2D eigenvalue weighted by atomic mass is 10.1. The molecular weight excluding hydrogens is 292 g/mol. The summed E-state index contributed by atoms with van der Waals surface area (Å²) in [6, 6.07) is 16.8. The predicted octanol–water partition coefficient (Wildman–Crippen LogP) is 4.99. The fourth-order valence-electron chi connectivity index (χ4n) is 2.42. The van der Waals surface area contributed by atoms with Gasteiger partial charge in [0.05, 0.1) is 0 Å². The Hall–Kier alpha value is -3.00. The number of aromatic nitrogens is 2. The molecule has 0 aliphatic rings. The molecule has 0 bridgehead atoms. The highest BCUT2D eigenvalue weighted by molar-refractivity contribution is 5.56. The van der Waals surface area contributed by atoms with Crippen molar-refractivity contribution in [1.82, 2.24) is 9.97 Å². The Bertz CT molecular complexity index is 718. The van der Waals surface area contributed by atoms with E-state index >= 15 is 0 Å². The number of benzene rings is 1. The molecule has 2 heteroatoms. The van der Waals surface area contributed by atoms with Crippen LogP contribution in [0, 0.1) is 0 Å². The fourth-order valence-corrected chi connectivity index (χ4v) is 2.42. The summed E-state index contributed by atoms with van der Waals surface area (Å²) in [6.45, 7) is 0. The standard InChI is InChI=1S/C22H20N2/c1(5-21-11-15-23-16-12-21)3-19-7-9-20(10-8-19)4-2-6-22-13-17-24-18-14-22/h1-4,7-18H,5-6H2. The van der Waals surface area contributed by atoms with Gasteiger partial charge >= 0.3 is 0 Å². The second-order valence-corrected chi connectivity index (χ2v) is 5.59. The third-order valence-corrected chi connectivity index (χ3v) is 3.76. The topological polar surface area (TPSA) is 25.8 Å². The lowest BCUT2D eigenvalue weighted by Gasteiger charge is -1.98. The maximum Gasteiger partial charge on any atom is 0.0270 e. The van der Waals surface area contributed by atoms with Crippen LogP contribution in [-0.4, -0.2) is 9.97 Å². The number of allylic oxidation sites excluding steroid dienone is 2. The van der Waals surface area contributed by atoms with Gasteiger partial charge in [0.15, 0.2) is 0 Å². The van der Waals surface area contributed by atoms with Gasteiger partial charge < -0.3 is 0 Å². The molecular formula is C22H20N2. The lowest BCUT2D eigenvalue weighted by Crippen LogP contribution is -1.81. The highest BCUT2D eigenvalue weighted by Gasteiger charge is 1.91. The highest BCUT2D eigenvalue weighted by atomic mass is 14.6. The molecule has 2 heterocycles. The third-order valence-electron chi connectivity index (χ3n) is 3.76. The fraction of sp³-hybridized carbons (Fsp3) is 0.0909. The summed E-state index contributed by atoms with van der Waals surface area (Å²) in [5.41, 5.74) is 4.99. The molecule has 0 N–H and O–H groups in total. The molecule has 0 aliphatic heterocycles. The predicted molar refractivity (Wildman–Crippen MR) is 100 cm³/mol. The Morgan fingerprint density at radius 2 is 0.917 bits per heavy atom. The van der Waals surface area contributed by atoms with E-state index in [9.17, 15) is 0 Å². The first-order valence-electron chi connectivity index (χ1n) is 8.11. The van der Waals surface area contributed by atoms with Gasteiger partial charge in [-0.2, -0.15) is 0 Å². The molecule has 0 saturated carbocycles. The Kier molecular flexibility index (Phi) is 5.68. The summed E-state index contributed by atoms with van der Waals surface area (Å²) in [5.74, 6) is 0. The molecule has 3 aromatic rings. The molecule has 118 valence electrons. The number of hydrogen-bond acceptors (Lipinski definition) is 2. The van der Waals surface area contributed by atoms with Crippen molar-refractivity contribution in [3.8, 4) is 0 Å². The van der Waals surface area contributed by atoms with E-state index in [2.05, 4.69) is 58.5 Å².